The van der Waals surface area contributed by atoms with Gasteiger partial charge in [-0.25, -0.2) is 4.79 Å². The highest BCUT2D eigenvalue weighted by Gasteiger charge is 2.38. The molecule has 1 aromatic rings. The largest absolute Gasteiger partial charge is 0.508 e. The van der Waals surface area contributed by atoms with E-state index in [9.17, 15) is 39.6 Å². The number of likely N-dealkylation sites (tertiary alicyclic amines) is 1. The van der Waals surface area contributed by atoms with E-state index in [4.69, 9.17) is 5.73 Å². The number of aromatic hydroxyl groups is 1. The minimum atomic E-state index is -1.41. The van der Waals surface area contributed by atoms with E-state index in [-0.39, 0.29) is 25.1 Å². The molecular formula is C21H30N4O8. The second-order valence-corrected chi connectivity index (χ2v) is 7.97. The Morgan fingerprint density at radius 2 is 1.73 bits per heavy atom. The summed E-state index contributed by atoms with van der Waals surface area (Å²) in [6, 6.07) is 0.862. The van der Waals surface area contributed by atoms with Crippen LogP contribution in [0.4, 0.5) is 0 Å². The molecule has 0 aliphatic carbocycles. The minimum Gasteiger partial charge on any atom is -0.508 e. The van der Waals surface area contributed by atoms with Crippen LogP contribution in [-0.2, 0) is 25.6 Å². The van der Waals surface area contributed by atoms with Gasteiger partial charge in [-0.2, -0.15) is 0 Å². The summed E-state index contributed by atoms with van der Waals surface area (Å²) in [6.07, 6.45) is -0.481. The van der Waals surface area contributed by atoms with Crippen LogP contribution in [0.25, 0.3) is 0 Å². The highest BCUT2D eigenvalue weighted by atomic mass is 16.4. The molecule has 12 heteroatoms. The highest BCUT2D eigenvalue weighted by molar-refractivity contribution is 5.94. The lowest BCUT2D eigenvalue weighted by Crippen LogP contribution is -2.59. The molecule has 5 atom stereocenters. The van der Waals surface area contributed by atoms with Crippen LogP contribution in [0.2, 0.25) is 0 Å². The Hall–Kier alpha value is -3.22. The van der Waals surface area contributed by atoms with Gasteiger partial charge >= 0.3 is 5.97 Å². The van der Waals surface area contributed by atoms with Crippen LogP contribution in [0, 0.1) is 0 Å². The van der Waals surface area contributed by atoms with Crippen LogP contribution in [0.1, 0.15) is 25.3 Å². The summed E-state index contributed by atoms with van der Waals surface area (Å²) >= 11 is 0. The average molecular weight is 466 g/mol. The van der Waals surface area contributed by atoms with E-state index in [0.29, 0.717) is 12.0 Å². The molecular weight excluding hydrogens is 436 g/mol. The van der Waals surface area contributed by atoms with Crippen molar-refractivity contribution in [2.24, 2.45) is 5.73 Å². The third-order valence-electron chi connectivity index (χ3n) is 5.45. The summed E-state index contributed by atoms with van der Waals surface area (Å²) < 4.78 is 0. The number of carbonyl (C=O) groups excluding carboxylic acids is 3. The lowest BCUT2D eigenvalue weighted by Gasteiger charge is -2.28. The maximum atomic E-state index is 13.0. The number of carboxylic acid groups (broad SMARTS) is 1. The van der Waals surface area contributed by atoms with E-state index >= 15 is 0 Å². The first kappa shape index (κ1) is 26.0. The molecule has 0 spiro atoms. The smallest absolute Gasteiger partial charge is 0.326 e. The zero-order valence-electron chi connectivity index (χ0n) is 18.2. The number of amides is 3. The van der Waals surface area contributed by atoms with E-state index in [1.54, 1.807) is 0 Å². The van der Waals surface area contributed by atoms with Gasteiger partial charge in [0.15, 0.2) is 0 Å². The summed E-state index contributed by atoms with van der Waals surface area (Å²) in [5, 5.41) is 42.8. The van der Waals surface area contributed by atoms with Crippen molar-refractivity contribution in [1.29, 1.82) is 0 Å². The van der Waals surface area contributed by atoms with Gasteiger partial charge in [-0.1, -0.05) is 12.1 Å². The maximum Gasteiger partial charge on any atom is 0.326 e. The second kappa shape index (κ2) is 11.6. The minimum absolute atomic E-state index is 0.00412. The van der Waals surface area contributed by atoms with Crippen molar-refractivity contribution in [2.45, 2.75) is 56.5 Å². The van der Waals surface area contributed by atoms with E-state index in [2.05, 4.69) is 10.6 Å². The molecule has 2 rings (SSSR count). The van der Waals surface area contributed by atoms with Gasteiger partial charge < -0.3 is 41.7 Å². The van der Waals surface area contributed by atoms with Gasteiger partial charge in [0.05, 0.1) is 12.7 Å². The van der Waals surface area contributed by atoms with E-state index < -0.39 is 60.6 Å². The van der Waals surface area contributed by atoms with E-state index in [1.807, 2.05) is 0 Å². The van der Waals surface area contributed by atoms with Crippen LogP contribution in [-0.4, -0.2) is 92.4 Å². The van der Waals surface area contributed by atoms with Gasteiger partial charge in [-0.15, -0.1) is 0 Å². The molecule has 12 nitrogen and oxygen atoms in total. The Morgan fingerprint density at radius 1 is 1.12 bits per heavy atom. The van der Waals surface area contributed by atoms with Crippen LogP contribution in [0.3, 0.4) is 0 Å². The summed E-state index contributed by atoms with van der Waals surface area (Å²) in [7, 11) is 0. The zero-order valence-corrected chi connectivity index (χ0v) is 18.2. The number of benzene rings is 1. The standard InChI is InChI=1S/C21H30N4O8/c1-11(27)17(22)19(30)23-14(9-12-4-6-13(28)7-5-12)18(29)24-15(10-26)20(31)25-8-2-3-16(25)21(32)33/h4-7,11,14-17,26-28H,2-3,8-10,22H2,1H3,(H,23,30)(H,24,29)(H,32,33). The first-order valence-electron chi connectivity index (χ1n) is 10.5. The molecule has 1 fully saturated rings. The van der Waals surface area contributed by atoms with Crippen molar-refractivity contribution < 1.29 is 39.6 Å². The molecule has 1 aliphatic rings. The van der Waals surface area contributed by atoms with Gasteiger partial charge in [0.2, 0.25) is 17.7 Å². The highest BCUT2D eigenvalue weighted by Crippen LogP contribution is 2.18. The normalized spacial score (nSPS) is 19.3. The molecule has 0 bridgehead atoms. The van der Waals surface area contributed by atoms with Crippen LogP contribution >= 0.6 is 0 Å². The van der Waals surface area contributed by atoms with Crippen molar-refractivity contribution in [2.75, 3.05) is 13.2 Å². The number of hydrogen-bond acceptors (Lipinski definition) is 8. The van der Waals surface area contributed by atoms with Crippen LogP contribution in [0.5, 0.6) is 5.75 Å². The molecule has 182 valence electrons. The molecule has 8 N–H and O–H groups in total. The van der Waals surface area contributed by atoms with Crippen LogP contribution in [0.15, 0.2) is 24.3 Å². The number of phenolic OH excluding ortho intramolecular Hbond substituents is 1. The Bertz CT molecular complexity index is 860. The molecule has 1 aliphatic heterocycles. The van der Waals surface area contributed by atoms with Gasteiger partial charge in [-0.3, -0.25) is 14.4 Å². The van der Waals surface area contributed by atoms with Crippen molar-refractivity contribution in [1.82, 2.24) is 15.5 Å². The third-order valence-corrected chi connectivity index (χ3v) is 5.45. The Morgan fingerprint density at radius 3 is 2.27 bits per heavy atom. The summed E-state index contributed by atoms with van der Waals surface area (Å²) in [5.74, 6) is -3.53. The SMILES string of the molecule is CC(O)C(N)C(=O)NC(Cc1ccc(O)cc1)C(=O)NC(CO)C(=O)N1CCCC1C(=O)O. The first-order valence-corrected chi connectivity index (χ1v) is 10.5. The Balaban J connectivity index is 2.18. The van der Waals surface area contributed by atoms with Crippen molar-refractivity contribution in [3.63, 3.8) is 0 Å². The molecule has 5 unspecified atom stereocenters. The topological polar surface area (TPSA) is 203 Å². The van der Waals surface area contributed by atoms with Gasteiger partial charge in [-0.05, 0) is 37.5 Å². The van der Waals surface area contributed by atoms with Crippen LogP contribution < -0.4 is 16.4 Å². The predicted octanol–water partition coefficient (Wildman–Crippen LogP) is -2.32. The molecule has 0 radical (unpaired) electrons. The quantitative estimate of drug-likeness (QED) is 0.197. The number of phenols is 1. The lowest BCUT2D eigenvalue weighted by molar-refractivity contribution is -0.150. The van der Waals surface area contributed by atoms with Crippen molar-refractivity contribution in [3.05, 3.63) is 29.8 Å². The summed E-state index contributed by atoms with van der Waals surface area (Å²) in [5.41, 5.74) is 6.21. The second-order valence-electron chi connectivity index (χ2n) is 7.97. The first-order chi connectivity index (χ1) is 15.5. The monoisotopic (exact) mass is 466 g/mol. The number of nitrogens with zero attached hydrogens (tertiary/aromatic N) is 1. The van der Waals surface area contributed by atoms with Gasteiger partial charge in [0, 0.05) is 13.0 Å². The van der Waals surface area contributed by atoms with Gasteiger partial charge in [0.1, 0.15) is 29.9 Å². The average Bonchev–Trinajstić information content (AvgIpc) is 3.27. The number of nitrogens with two attached hydrogens (primary N) is 1. The number of hydrogen-bond donors (Lipinski definition) is 7. The number of aliphatic hydroxyl groups is 2. The Labute approximate surface area is 190 Å². The molecule has 1 saturated heterocycles. The third kappa shape index (κ3) is 6.88. The number of carbonyl (C=O) groups is 4. The maximum absolute atomic E-state index is 13.0. The number of aliphatic hydroxyl groups excluding tert-OH is 2. The number of rotatable bonds is 10. The fourth-order valence-corrected chi connectivity index (χ4v) is 3.51. The fraction of sp³-hybridized carbons (Fsp3) is 0.524. The lowest BCUT2D eigenvalue weighted by atomic mass is 10.0. The van der Waals surface area contributed by atoms with E-state index in [1.165, 1.54) is 31.2 Å². The van der Waals surface area contributed by atoms with Crippen molar-refractivity contribution >= 4 is 23.7 Å². The molecule has 1 heterocycles. The molecule has 1 aromatic carbocycles. The predicted molar refractivity (Wildman–Crippen MR) is 115 cm³/mol. The fourth-order valence-electron chi connectivity index (χ4n) is 3.51. The Kier molecular flexibility index (Phi) is 9.14. The van der Waals surface area contributed by atoms with Crippen molar-refractivity contribution in [3.8, 4) is 5.75 Å². The molecule has 33 heavy (non-hydrogen) atoms. The zero-order chi connectivity index (χ0) is 24.7. The van der Waals surface area contributed by atoms with E-state index in [0.717, 1.165) is 4.90 Å². The molecule has 0 saturated carbocycles. The number of nitrogens with one attached hydrogen (secondary N) is 2. The number of carboxylic acids is 1. The summed E-state index contributed by atoms with van der Waals surface area (Å²) in [6.45, 7) is 0.717. The molecule has 3 amide bonds. The summed E-state index contributed by atoms with van der Waals surface area (Å²) in [4.78, 5) is 50.6. The number of aliphatic carboxylic acids is 1. The molecule has 0 aromatic heterocycles. The van der Waals surface area contributed by atoms with Gasteiger partial charge in [0.25, 0.3) is 0 Å².